The van der Waals surface area contributed by atoms with Gasteiger partial charge in [0, 0.05) is 35.9 Å². The maximum atomic E-state index is 14.3. The van der Waals surface area contributed by atoms with Crippen molar-refractivity contribution in [1.29, 1.82) is 0 Å². The van der Waals surface area contributed by atoms with Crippen LogP contribution < -0.4 is 10.6 Å². The van der Waals surface area contributed by atoms with Gasteiger partial charge >= 0.3 is 12.1 Å². The monoisotopic (exact) mass is 812 g/mol. The van der Waals surface area contributed by atoms with Crippen LogP contribution in [0.4, 0.5) is 4.79 Å². The summed E-state index contributed by atoms with van der Waals surface area (Å²) in [6.45, 7) is 2.39. The van der Waals surface area contributed by atoms with Gasteiger partial charge in [-0.3, -0.25) is 4.79 Å². The third kappa shape index (κ3) is 10.3. The lowest BCUT2D eigenvalue weighted by molar-refractivity contribution is -0.146. The fourth-order valence-electron chi connectivity index (χ4n) is 7.25. The van der Waals surface area contributed by atoms with Gasteiger partial charge < -0.3 is 30.2 Å². The summed E-state index contributed by atoms with van der Waals surface area (Å²) in [5, 5.41) is 30.5. The number of unbranched alkanes of at least 4 members (excludes halogenated alkanes) is 2. The van der Waals surface area contributed by atoms with Gasteiger partial charge in [-0.15, -0.1) is 16.9 Å². The van der Waals surface area contributed by atoms with Crippen molar-refractivity contribution < 1.29 is 29.0 Å². The lowest BCUT2D eigenvalue weighted by Gasteiger charge is -2.22. The minimum atomic E-state index is -1.09. The average molecular weight is 813 g/mol. The van der Waals surface area contributed by atoms with Gasteiger partial charge in [0.2, 0.25) is 5.91 Å². The number of nitrogens with zero attached hydrogens (tertiary/aromatic N) is 3. The molecule has 0 saturated heterocycles. The zero-order valence-electron chi connectivity index (χ0n) is 32.9. The number of aliphatic hydroxyl groups is 1. The Hall–Kier alpha value is -6.18. The van der Waals surface area contributed by atoms with Gasteiger partial charge in [0.15, 0.2) is 0 Å². The van der Waals surface area contributed by atoms with Gasteiger partial charge in [0.05, 0.1) is 18.8 Å². The molecular weight excluding hydrogens is 765 g/mol. The predicted molar refractivity (Wildman–Crippen MR) is 230 cm³/mol. The molecule has 2 atom stereocenters. The summed E-state index contributed by atoms with van der Waals surface area (Å²) < 4.78 is 12.9. The Morgan fingerprint density at radius 3 is 2.24 bits per heavy atom. The summed E-state index contributed by atoms with van der Waals surface area (Å²) in [6.07, 6.45) is 4.10. The van der Waals surface area contributed by atoms with Gasteiger partial charge in [-0.05, 0) is 76.6 Å². The highest BCUT2D eigenvalue weighted by Gasteiger charge is 2.30. The molecule has 0 spiro atoms. The number of carbonyl (C=O) groups excluding carboxylic acids is 3. The van der Waals surface area contributed by atoms with Gasteiger partial charge in [-0.1, -0.05) is 109 Å². The number of para-hydroxylation sites is 1. The highest BCUT2D eigenvalue weighted by molar-refractivity contribution is 7.99. The van der Waals surface area contributed by atoms with Crippen LogP contribution in [0.2, 0.25) is 0 Å². The van der Waals surface area contributed by atoms with Crippen molar-refractivity contribution in [2.45, 2.75) is 69.3 Å². The van der Waals surface area contributed by atoms with Gasteiger partial charge in [-0.25, -0.2) is 14.3 Å². The zero-order chi connectivity index (χ0) is 41.0. The minimum absolute atomic E-state index is 0.0226. The van der Waals surface area contributed by atoms with Crippen molar-refractivity contribution in [3.05, 3.63) is 138 Å². The van der Waals surface area contributed by atoms with Gasteiger partial charge in [0.1, 0.15) is 23.7 Å². The Balaban J connectivity index is 1.15. The number of fused-ring (bicyclic) bond motifs is 3. The molecule has 2 heterocycles. The van der Waals surface area contributed by atoms with E-state index in [1.54, 1.807) is 6.92 Å². The topological polar surface area (TPSA) is 160 Å². The summed E-state index contributed by atoms with van der Waals surface area (Å²) >= 11 is 1.37. The van der Waals surface area contributed by atoms with Crippen molar-refractivity contribution in [3.63, 3.8) is 0 Å². The first kappa shape index (κ1) is 41.0. The Kier molecular flexibility index (Phi) is 13.9. The molecule has 0 fully saturated rings. The standard InChI is InChI=1S/C46H48N6O6S/c1-2-57-45(55)42(48-43(54)41(26-34-27-47-39-22-13-12-21-37(34)39)49-46(56)58-29-31-15-5-3-6-16-31)30-59-44-40(23-7-4-14-24-53)50-51-52(44)28-38-35-19-10-8-17-32(35)25-33-18-9-11-20-36(33)38/h3,5-6,8-13,15-22,25,27,41-42,47,53H,2,4,7,14,23-24,26,28-30H2,1H3,(H,48,54)(H,49,56)/t41-,42-/m0/s1. The number of ether oxygens (including phenoxy) is 2. The van der Waals surface area contributed by atoms with E-state index in [1.807, 2.05) is 89.7 Å². The molecule has 0 bridgehead atoms. The van der Waals surface area contributed by atoms with Crippen LogP contribution in [0.1, 0.15) is 48.6 Å². The second kappa shape index (κ2) is 20.0. The van der Waals surface area contributed by atoms with Crippen LogP contribution in [0.3, 0.4) is 0 Å². The van der Waals surface area contributed by atoms with E-state index >= 15 is 0 Å². The number of aryl methyl sites for hydroxylation is 1. The fourth-order valence-corrected chi connectivity index (χ4v) is 8.35. The number of benzene rings is 5. The summed E-state index contributed by atoms with van der Waals surface area (Å²) in [6, 6.07) is 33.5. The largest absolute Gasteiger partial charge is 0.464 e. The number of thioether (sulfide) groups is 1. The predicted octanol–water partition coefficient (Wildman–Crippen LogP) is 7.50. The number of esters is 1. The molecule has 0 aliphatic rings. The number of rotatable bonds is 19. The fraction of sp³-hybridized carbons (Fsp3) is 0.283. The van der Waals surface area contributed by atoms with Crippen molar-refractivity contribution in [3.8, 4) is 0 Å². The molecule has 2 amide bonds. The highest BCUT2D eigenvalue weighted by Crippen LogP contribution is 2.32. The molecule has 2 aromatic heterocycles. The maximum Gasteiger partial charge on any atom is 0.408 e. The van der Waals surface area contributed by atoms with Crippen LogP contribution in [0.5, 0.6) is 0 Å². The molecule has 0 saturated carbocycles. The lowest BCUT2D eigenvalue weighted by Crippen LogP contribution is -2.53. The van der Waals surface area contributed by atoms with Crippen LogP contribution in [0.15, 0.2) is 120 Å². The summed E-state index contributed by atoms with van der Waals surface area (Å²) in [5.41, 5.74) is 4.37. The zero-order valence-corrected chi connectivity index (χ0v) is 33.8. The van der Waals surface area contributed by atoms with Crippen LogP contribution in [-0.4, -0.2) is 74.1 Å². The number of hydrogen-bond donors (Lipinski definition) is 4. The van der Waals surface area contributed by atoms with E-state index in [0.29, 0.717) is 19.4 Å². The summed E-state index contributed by atoms with van der Waals surface area (Å²) in [5.74, 6) is -1.06. The number of amides is 2. The first-order valence-corrected chi connectivity index (χ1v) is 20.9. The van der Waals surface area contributed by atoms with Crippen molar-refractivity contribution in [2.24, 2.45) is 0 Å². The van der Waals surface area contributed by atoms with E-state index in [2.05, 4.69) is 56.3 Å². The van der Waals surface area contributed by atoms with Crippen LogP contribution in [-0.2, 0) is 45.1 Å². The second-order valence-electron chi connectivity index (χ2n) is 14.3. The van der Waals surface area contributed by atoms with Crippen LogP contribution >= 0.6 is 11.8 Å². The molecule has 304 valence electrons. The molecule has 0 aliphatic heterocycles. The van der Waals surface area contributed by atoms with E-state index in [1.165, 1.54) is 11.8 Å². The smallest absolute Gasteiger partial charge is 0.408 e. The van der Waals surface area contributed by atoms with E-state index < -0.39 is 30.1 Å². The molecular formula is C46H48N6O6S. The lowest BCUT2D eigenvalue weighted by atomic mass is 9.97. The molecule has 4 N–H and O–H groups in total. The first-order chi connectivity index (χ1) is 28.9. The van der Waals surface area contributed by atoms with Gasteiger partial charge in [-0.2, -0.15) is 0 Å². The number of alkyl carbamates (subject to hydrolysis) is 1. The molecule has 5 aromatic carbocycles. The Morgan fingerprint density at radius 2 is 1.51 bits per heavy atom. The Labute approximate surface area is 346 Å². The SMILES string of the molecule is CCOC(=O)[C@H](CSc1c(CCCCCO)nnn1Cc1c2ccccc2cc2ccccc12)NC(=O)[C@H](Cc1c[nH]c2ccccc12)NC(=O)OCc1ccccc1. The van der Waals surface area contributed by atoms with Crippen LogP contribution in [0, 0.1) is 0 Å². The Bertz CT molecular complexity index is 2470. The van der Waals surface area contributed by atoms with Gasteiger partial charge in [0.25, 0.3) is 0 Å². The van der Waals surface area contributed by atoms with Crippen molar-refractivity contribution in [1.82, 2.24) is 30.6 Å². The first-order valence-electron chi connectivity index (χ1n) is 20.0. The third-order valence-corrected chi connectivity index (χ3v) is 11.4. The van der Waals surface area contributed by atoms with E-state index in [9.17, 15) is 19.5 Å². The molecule has 13 heteroatoms. The van der Waals surface area contributed by atoms with E-state index in [4.69, 9.17) is 9.47 Å². The number of aromatic nitrogens is 4. The quantitative estimate of drug-likeness (QED) is 0.0281. The molecule has 7 aromatic rings. The number of aromatic amines is 1. The second-order valence-corrected chi connectivity index (χ2v) is 15.3. The number of nitrogens with one attached hydrogen (secondary N) is 3. The van der Waals surface area contributed by atoms with E-state index in [0.717, 1.165) is 72.7 Å². The Morgan fingerprint density at radius 1 is 0.814 bits per heavy atom. The number of carbonyl (C=O) groups is 3. The molecule has 59 heavy (non-hydrogen) atoms. The normalized spacial score (nSPS) is 12.4. The summed E-state index contributed by atoms with van der Waals surface area (Å²) in [7, 11) is 0. The molecule has 0 aliphatic carbocycles. The van der Waals surface area contributed by atoms with Crippen LogP contribution in [0.25, 0.3) is 32.4 Å². The number of H-pyrrole nitrogens is 1. The summed E-state index contributed by atoms with van der Waals surface area (Å²) in [4.78, 5) is 44.3. The molecule has 7 rings (SSSR count). The minimum Gasteiger partial charge on any atom is -0.464 e. The maximum absolute atomic E-state index is 14.3. The third-order valence-electron chi connectivity index (χ3n) is 10.2. The van der Waals surface area contributed by atoms with Crippen molar-refractivity contribution >= 4 is 62.2 Å². The number of aliphatic hydroxyl groups excluding tert-OH is 1. The highest BCUT2D eigenvalue weighted by atomic mass is 32.2. The van der Waals surface area contributed by atoms with E-state index in [-0.39, 0.29) is 32.0 Å². The molecule has 12 nitrogen and oxygen atoms in total. The average Bonchev–Trinajstić information content (AvgIpc) is 3.85. The molecule has 0 unspecified atom stereocenters. The molecule has 0 radical (unpaired) electrons. The van der Waals surface area contributed by atoms with Crippen molar-refractivity contribution in [2.75, 3.05) is 19.0 Å². The number of hydrogen-bond acceptors (Lipinski definition) is 9.